The van der Waals surface area contributed by atoms with E-state index in [0.717, 1.165) is 32.2 Å². The van der Waals surface area contributed by atoms with Crippen molar-refractivity contribution in [3.8, 4) is 0 Å². The summed E-state index contributed by atoms with van der Waals surface area (Å²) in [6, 6.07) is 4.62. The number of nitrogens with zero attached hydrogens (tertiary/aromatic N) is 1. The molecule has 8 nitrogen and oxygen atoms in total. The SMILES string of the molecule is CC(=O)Nc1ccc(NS(C)(=O)=O)c(C(=O)N2CC[C@@H]3CNC[C@@H]3CC2)c1. The molecule has 1 aromatic carbocycles. The Hall–Kier alpha value is -2.13. The number of rotatable bonds is 4. The minimum Gasteiger partial charge on any atom is -0.339 e. The second-order valence-electron chi connectivity index (χ2n) is 7.36. The van der Waals surface area contributed by atoms with Gasteiger partial charge in [-0.25, -0.2) is 8.42 Å². The predicted molar refractivity (Wildman–Crippen MR) is 104 cm³/mol. The number of nitrogens with one attached hydrogen (secondary N) is 3. The summed E-state index contributed by atoms with van der Waals surface area (Å²) in [6.07, 6.45) is 2.91. The van der Waals surface area contributed by atoms with Crippen molar-refractivity contribution in [3.63, 3.8) is 0 Å². The number of carbonyl (C=O) groups is 2. The van der Waals surface area contributed by atoms with E-state index in [1.807, 2.05) is 0 Å². The maximum atomic E-state index is 13.2. The number of carbonyl (C=O) groups excluding carboxylic acids is 2. The fraction of sp³-hybridized carbons (Fsp3) is 0.556. The highest BCUT2D eigenvalue weighted by atomic mass is 32.2. The first-order valence-corrected chi connectivity index (χ1v) is 11.0. The van der Waals surface area contributed by atoms with Gasteiger partial charge in [0.15, 0.2) is 0 Å². The zero-order valence-corrected chi connectivity index (χ0v) is 16.4. The van der Waals surface area contributed by atoms with E-state index < -0.39 is 10.0 Å². The molecule has 2 aliphatic heterocycles. The normalized spacial score (nSPS) is 22.7. The van der Waals surface area contributed by atoms with Crippen molar-refractivity contribution in [2.45, 2.75) is 19.8 Å². The molecule has 2 aliphatic rings. The third kappa shape index (κ3) is 4.98. The number of amides is 2. The Balaban J connectivity index is 1.87. The van der Waals surface area contributed by atoms with Crippen LogP contribution in [-0.4, -0.2) is 57.6 Å². The summed E-state index contributed by atoms with van der Waals surface area (Å²) < 4.78 is 25.8. The number of hydrogen-bond acceptors (Lipinski definition) is 5. The summed E-state index contributed by atoms with van der Waals surface area (Å²) in [5, 5.41) is 6.05. The molecular formula is C18H26N4O4S. The van der Waals surface area contributed by atoms with Gasteiger partial charge < -0.3 is 15.5 Å². The Labute approximate surface area is 159 Å². The zero-order valence-electron chi connectivity index (χ0n) is 15.6. The van der Waals surface area contributed by atoms with Gasteiger partial charge in [-0.3, -0.25) is 14.3 Å². The van der Waals surface area contributed by atoms with Crippen molar-refractivity contribution in [2.24, 2.45) is 11.8 Å². The lowest BCUT2D eigenvalue weighted by molar-refractivity contribution is -0.114. The summed E-state index contributed by atoms with van der Waals surface area (Å²) in [4.78, 5) is 26.3. The number of likely N-dealkylation sites (tertiary alicyclic amines) is 1. The lowest BCUT2D eigenvalue weighted by Crippen LogP contribution is -2.33. The Bertz CT molecular complexity index is 826. The van der Waals surface area contributed by atoms with Crippen LogP contribution in [0.25, 0.3) is 0 Å². The first kappa shape index (κ1) is 19.6. The summed E-state index contributed by atoms with van der Waals surface area (Å²) in [5.41, 5.74) is 0.931. The van der Waals surface area contributed by atoms with Crippen LogP contribution in [0.1, 0.15) is 30.1 Å². The largest absolute Gasteiger partial charge is 0.339 e. The molecule has 2 fully saturated rings. The zero-order chi connectivity index (χ0) is 19.6. The Morgan fingerprint density at radius 2 is 1.78 bits per heavy atom. The third-order valence-electron chi connectivity index (χ3n) is 5.17. The molecule has 0 saturated carbocycles. The molecule has 3 rings (SSSR count). The molecule has 9 heteroatoms. The molecule has 148 valence electrons. The number of hydrogen-bond donors (Lipinski definition) is 3. The van der Waals surface area contributed by atoms with Crippen LogP contribution in [0, 0.1) is 11.8 Å². The van der Waals surface area contributed by atoms with Crippen molar-refractivity contribution >= 4 is 33.2 Å². The van der Waals surface area contributed by atoms with Crippen LogP contribution in [0.5, 0.6) is 0 Å². The Kier molecular flexibility index (Phi) is 5.71. The van der Waals surface area contributed by atoms with Gasteiger partial charge in [-0.1, -0.05) is 0 Å². The first-order valence-electron chi connectivity index (χ1n) is 9.12. The topological polar surface area (TPSA) is 108 Å². The van der Waals surface area contributed by atoms with Crippen LogP contribution >= 0.6 is 0 Å². The molecular weight excluding hydrogens is 368 g/mol. The highest BCUT2D eigenvalue weighted by Gasteiger charge is 2.32. The fourth-order valence-corrected chi connectivity index (χ4v) is 4.46. The first-order chi connectivity index (χ1) is 12.7. The van der Waals surface area contributed by atoms with Gasteiger partial charge in [0.2, 0.25) is 15.9 Å². The number of fused-ring (bicyclic) bond motifs is 1. The molecule has 0 spiro atoms. The average Bonchev–Trinajstić information content (AvgIpc) is 2.92. The lowest BCUT2D eigenvalue weighted by Gasteiger charge is -2.23. The van der Waals surface area contributed by atoms with E-state index in [4.69, 9.17) is 0 Å². The second kappa shape index (κ2) is 7.85. The van der Waals surface area contributed by atoms with E-state index in [1.165, 1.54) is 19.1 Å². The lowest BCUT2D eigenvalue weighted by atomic mass is 9.92. The highest BCUT2D eigenvalue weighted by Crippen LogP contribution is 2.29. The van der Waals surface area contributed by atoms with E-state index in [-0.39, 0.29) is 23.1 Å². The van der Waals surface area contributed by atoms with Gasteiger partial charge >= 0.3 is 0 Å². The van der Waals surface area contributed by atoms with Crippen molar-refractivity contribution in [1.82, 2.24) is 10.2 Å². The van der Waals surface area contributed by atoms with Gasteiger partial charge in [0, 0.05) is 25.7 Å². The number of benzene rings is 1. The van der Waals surface area contributed by atoms with Gasteiger partial charge in [0.1, 0.15) is 0 Å². The molecule has 2 amide bonds. The molecule has 2 heterocycles. The third-order valence-corrected chi connectivity index (χ3v) is 5.76. The minimum absolute atomic E-state index is 0.221. The molecule has 0 aliphatic carbocycles. The monoisotopic (exact) mass is 394 g/mol. The second-order valence-corrected chi connectivity index (χ2v) is 9.11. The summed E-state index contributed by atoms with van der Waals surface area (Å²) in [5.74, 6) is 0.692. The maximum absolute atomic E-state index is 13.2. The van der Waals surface area contributed by atoms with Crippen molar-refractivity contribution in [3.05, 3.63) is 23.8 Å². The summed E-state index contributed by atoms with van der Waals surface area (Å²) in [6.45, 7) is 4.65. The van der Waals surface area contributed by atoms with Crippen LogP contribution in [0.4, 0.5) is 11.4 Å². The van der Waals surface area contributed by atoms with Crippen LogP contribution in [0.3, 0.4) is 0 Å². The highest BCUT2D eigenvalue weighted by molar-refractivity contribution is 7.92. The number of anilines is 2. The molecule has 3 N–H and O–H groups in total. The average molecular weight is 394 g/mol. The molecule has 2 atom stereocenters. The quantitative estimate of drug-likeness (QED) is 0.709. The number of sulfonamides is 1. The van der Waals surface area contributed by atoms with E-state index in [9.17, 15) is 18.0 Å². The standard InChI is InChI=1S/C18H26N4O4S/c1-12(23)20-15-3-4-17(21-27(2,25)26)16(9-15)18(24)22-7-5-13-10-19-11-14(13)6-8-22/h3-4,9,13-14,19,21H,5-8,10-11H2,1-2H3,(H,20,23)/t13-,14+. The predicted octanol–water partition coefficient (Wildman–Crippen LogP) is 1.09. The van der Waals surface area contributed by atoms with Crippen molar-refractivity contribution in [1.29, 1.82) is 0 Å². The molecule has 0 unspecified atom stereocenters. The van der Waals surface area contributed by atoms with Crippen LogP contribution in [-0.2, 0) is 14.8 Å². The summed E-state index contributed by atoms with van der Waals surface area (Å²) >= 11 is 0. The minimum atomic E-state index is -3.54. The van der Waals surface area contributed by atoms with Crippen molar-refractivity contribution < 1.29 is 18.0 Å². The van der Waals surface area contributed by atoms with Gasteiger partial charge in [0.25, 0.3) is 5.91 Å². The van der Waals surface area contributed by atoms with Crippen LogP contribution in [0.15, 0.2) is 18.2 Å². The molecule has 0 radical (unpaired) electrons. The van der Waals surface area contributed by atoms with Crippen LogP contribution < -0.4 is 15.4 Å². The molecule has 27 heavy (non-hydrogen) atoms. The van der Waals surface area contributed by atoms with E-state index in [2.05, 4.69) is 15.4 Å². The van der Waals surface area contributed by atoms with Gasteiger partial charge in [-0.05, 0) is 56.0 Å². The van der Waals surface area contributed by atoms with Gasteiger partial charge in [-0.15, -0.1) is 0 Å². The van der Waals surface area contributed by atoms with E-state index in [1.54, 1.807) is 11.0 Å². The van der Waals surface area contributed by atoms with E-state index >= 15 is 0 Å². The van der Waals surface area contributed by atoms with Gasteiger partial charge in [-0.2, -0.15) is 0 Å². The fourth-order valence-electron chi connectivity index (χ4n) is 3.88. The molecule has 2 saturated heterocycles. The van der Waals surface area contributed by atoms with Gasteiger partial charge in [0.05, 0.1) is 17.5 Å². The maximum Gasteiger partial charge on any atom is 0.256 e. The molecule has 0 bridgehead atoms. The Morgan fingerprint density at radius 1 is 1.15 bits per heavy atom. The van der Waals surface area contributed by atoms with E-state index in [0.29, 0.717) is 30.6 Å². The molecule has 1 aromatic rings. The van der Waals surface area contributed by atoms with Crippen LogP contribution in [0.2, 0.25) is 0 Å². The van der Waals surface area contributed by atoms with Crippen molar-refractivity contribution in [2.75, 3.05) is 42.5 Å². The summed E-state index contributed by atoms with van der Waals surface area (Å²) in [7, 11) is -3.54. The molecule has 0 aromatic heterocycles. The Morgan fingerprint density at radius 3 is 2.33 bits per heavy atom. The smallest absolute Gasteiger partial charge is 0.256 e.